The Hall–Kier alpha value is -3.37. The molecule has 3 aromatic carbocycles. The van der Waals surface area contributed by atoms with Gasteiger partial charge in [-0.15, -0.1) is 0 Å². The summed E-state index contributed by atoms with van der Waals surface area (Å²) in [6.07, 6.45) is 1.00. The maximum atomic E-state index is 13.8. The summed E-state index contributed by atoms with van der Waals surface area (Å²) in [6, 6.07) is 23.1. The average molecular weight is 457 g/mol. The maximum absolute atomic E-state index is 13.8. The molecule has 3 aromatic rings. The predicted molar refractivity (Wildman–Crippen MR) is 133 cm³/mol. The first kappa shape index (κ1) is 21.5. The van der Waals surface area contributed by atoms with Crippen LogP contribution < -0.4 is 10.2 Å². The fourth-order valence-electron chi connectivity index (χ4n) is 5.03. The molecule has 2 aliphatic rings. The van der Waals surface area contributed by atoms with Gasteiger partial charge in [-0.25, -0.2) is 0 Å². The molecule has 0 unspecified atom stereocenters. The number of nitrogens with one attached hydrogen (secondary N) is 1. The third kappa shape index (κ3) is 3.85. The number of carbonyl (C=O) groups is 2. The number of benzene rings is 3. The first-order valence-electron chi connectivity index (χ1n) is 11.2. The van der Waals surface area contributed by atoms with Gasteiger partial charge in [-0.1, -0.05) is 71.8 Å². The van der Waals surface area contributed by atoms with Gasteiger partial charge in [0.1, 0.15) is 0 Å². The fourth-order valence-corrected chi connectivity index (χ4v) is 5.32. The van der Waals surface area contributed by atoms with Crippen molar-refractivity contribution in [3.8, 4) is 0 Å². The molecule has 0 radical (unpaired) electrons. The maximum Gasteiger partial charge on any atom is 0.224 e. The number of hydrogen-bond acceptors (Lipinski definition) is 3. The van der Waals surface area contributed by atoms with E-state index in [9.17, 15) is 9.59 Å². The number of ketones is 1. The van der Waals surface area contributed by atoms with Crippen molar-refractivity contribution >= 4 is 34.7 Å². The van der Waals surface area contributed by atoms with Crippen molar-refractivity contribution in [1.29, 1.82) is 0 Å². The zero-order valence-corrected chi connectivity index (χ0v) is 19.4. The lowest BCUT2D eigenvalue weighted by Crippen LogP contribution is -2.37. The van der Waals surface area contributed by atoms with Crippen LogP contribution in [0.4, 0.5) is 11.4 Å². The van der Waals surface area contributed by atoms with E-state index in [0.29, 0.717) is 23.4 Å². The highest BCUT2D eigenvalue weighted by Crippen LogP contribution is 2.47. The van der Waals surface area contributed by atoms with Crippen LogP contribution in [0.15, 0.2) is 84.1 Å². The second-order valence-corrected chi connectivity index (χ2v) is 9.19. The first-order chi connectivity index (χ1) is 15.9. The van der Waals surface area contributed by atoms with E-state index in [2.05, 4.69) is 5.32 Å². The van der Waals surface area contributed by atoms with Gasteiger partial charge in [0, 0.05) is 29.6 Å². The van der Waals surface area contributed by atoms with Crippen molar-refractivity contribution in [2.45, 2.75) is 38.6 Å². The third-order valence-electron chi connectivity index (χ3n) is 6.57. The highest BCUT2D eigenvalue weighted by atomic mass is 35.5. The van der Waals surface area contributed by atoms with E-state index >= 15 is 0 Å². The van der Waals surface area contributed by atoms with Gasteiger partial charge < -0.3 is 5.32 Å². The van der Waals surface area contributed by atoms with Crippen LogP contribution in [0.5, 0.6) is 0 Å². The second kappa shape index (κ2) is 8.53. The van der Waals surface area contributed by atoms with Crippen molar-refractivity contribution in [3.63, 3.8) is 0 Å². The van der Waals surface area contributed by atoms with E-state index in [0.717, 1.165) is 33.8 Å². The number of aryl methyl sites for hydroxylation is 1. The molecule has 1 amide bonds. The monoisotopic (exact) mass is 456 g/mol. The molecule has 0 aromatic heterocycles. The van der Waals surface area contributed by atoms with Crippen LogP contribution in [-0.2, 0) is 9.59 Å². The standard InChI is InChI=1S/C28H25ClN2O2/c1-17-11-13-19(14-12-17)28-27-24(30-23-9-5-6-10-25(23)31(28)18(2)32)15-20(16-26(27)33)21-7-3-4-8-22(21)29/h3-14,20,28,30H,15-16H2,1-2H3/t20-,28-/m1/s1. The highest BCUT2D eigenvalue weighted by Gasteiger charge is 2.41. The Bertz CT molecular complexity index is 1280. The summed E-state index contributed by atoms with van der Waals surface area (Å²) >= 11 is 6.50. The number of nitrogens with zero attached hydrogens (tertiary/aromatic N) is 1. The van der Waals surface area contributed by atoms with Crippen LogP contribution in [0.2, 0.25) is 5.02 Å². The van der Waals surface area contributed by atoms with Gasteiger partial charge >= 0.3 is 0 Å². The SMILES string of the molecule is CC(=O)N1c2ccccc2NC2=C(C(=O)C[C@H](c3ccccc3Cl)C2)[C@H]1c1ccc(C)cc1. The van der Waals surface area contributed by atoms with E-state index < -0.39 is 6.04 Å². The van der Waals surface area contributed by atoms with Crippen molar-refractivity contribution < 1.29 is 9.59 Å². The number of allylic oxidation sites excluding steroid dienone is 1. The molecule has 1 heterocycles. The van der Waals surface area contributed by atoms with Gasteiger partial charge in [-0.2, -0.15) is 0 Å². The minimum Gasteiger partial charge on any atom is -0.357 e. The topological polar surface area (TPSA) is 49.4 Å². The lowest BCUT2D eigenvalue weighted by Gasteiger charge is -2.34. The number of para-hydroxylation sites is 2. The fraction of sp³-hybridized carbons (Fsp3) is 0.214. The van der Waals surface area contributed by atoms with Gasteiger partial charge in [0.25, 0.3) is 0 Å². The number of anilines is 2. The number of amides is 1. The van der Waals surface area contributed by atoms with Crippen molar-refractivity contribution in [3.05, 3.63) is 106 Å². The Kier molecular flexibility index (Phi) is 5.55. The molecule has 5 rings (SSSR count). The number of halogens is 1. The molecule has 4 nitrogen and oxygen atoms in total. The lowest BCUT2D eigenvalue weighted by atomic mass is 9.78. The van der Waals surface area contributed by atoms with Crippen LogP contribution in [0.1, 0.15) is 48.4 Å². The van der Waals surface area contributed by atoms with Gasteiger partial charge in [0.2, 0.25) is 5.91 Å². The summed E-state index contributed by atoms with van der Waals surface area (Å²) in [6.45, 7) is 3.59. The van der Waals surface area contributed by atoms with Gasteiger partial charge in [-0.3, -0.25) is 14.5 Å². The van der Waals surface area contributed by atoms with Gasteiger partial charge in [0.05, 0.1) is 17.4 Å². The number of fused-ring (bicyclic) bond motifs is 1. The Balaban J connectivity index is 1.71. The molecule has 0 saturated carbocycles. The quantitative estimate of drug-likeness (QED) is 0.474. The Morgan fingerprint density at radius 3 is 2.39 bits per heavy atom. The zero-order valence-electron chi connectivity index (χ0n) is 18.6. The molecule has 0 saturated heterocycles. The van der Waals surface area contributed by atoms with E-state index in [1.54, 1.807) is 11.8 Å². The van der Waals surface area contributed by atoms with Crippen molar-refractivity contribution in [2.75, 3.05) is 10.2 Å². The predicted octanol–water partition coefficient (Wildman–Crippen LogP) is 6.57. The van der Waals surface area contributed by atoms with Crippen LogP contribution in [0.3, 0.4) is 0 Å². The minimum atomic E-state index is -0.492. The number of rotatable bonds is 2. The molecule has 0 fully saturated rings. The van der Waals surface area contributed by atoms with E-state index in [1.165, 1.54) is 0 Å². The molecule has 1 aliphatic carbocycles. The van der Waals surface area contributed by atoms with E-state index in [4.69, 9.17) is 11.6 Å². The van der Waals surface area contributed by atoms with E-state index in [1.807, 2.05) is 79.7 Å². The third-order valence-corrected chi connectivity index (χ3v) is 6.91. The summed E-state index contributed by atoms with van der Waals surface area (Å²) in [5.74, 6) is -0.0879. The molecule has 5 heteroatoms. The molecule has 0 bridgehead atoms. The largest absolute Gasteiger partial charge is 0.357 e. The number of carbonyl (C=O) groups excluding carboxylic acids is 2. The molecule has 0 spiro atoms. The molecule has 1 N–H and O–H groups in total. The van der Waals surface area contributed by atoms with Crippen molar-refractivity contribution in [2.24, 2.45) is 0 Å². The van der Waals surface area contributed by atoms with Crippen LogP contribution in [-0.4, -0.2) is 11.7 Å². The summed E-state index contributed by atoms with van der Waals surface area (Å²) in [5, 5.41) is 4.20. The van der Waals surface area contributed by atoms with E-state index in [-0.39, 0.29) is 17.6 Å². The molecular weight excluding hydrogens is 432 g/mol. The highest BCUT2D eigenvalue weighted by molar-refractivity contribution is 6.31. The first-order valence-corrected chi connectivity index (χ1v) is 11.5. The minimum absolute atomic E-state index is 0.0211. The lowest BCUT2D eigenvalue weighted by molar-refractivity contribution is -0.117. The normalized spacial score (nSPS) is 20.0. The van der Waals surface area contributed by atoms with Crippen molar-refractivity contribution in [1.82, 2.24) is 0 Å². The summed E-state index contributed by atoms with van der Waals surface area (Å²) in [7, 11) is 0. The summed E-state index contributed by atoms with van der Waals surface area (Å²) in [4.78, 5) is 28.5. The smallest absolute Gasteiger partial charge is 0.224 e. The average Bonchev–Trinajstić information content (AvgIpc) is 2.94. The Labute approximate surface area is 198 Å². The zero-order chi connectivity index (χ0) is 23.1. The molecule has 166 valence electrons. The Morgan fingerprint density at radius 1 is 0.970 bits per heavy atom. The summed E-state index contributed by atoms with van der Waals surface area (Å²) < 4.78 is 0. The molecule has 2 atom stereocenters. The van der Waals surface area contributed by atoms with Gasteiger partial charge in [-0.05, 0) is 48.6 Å². The Morgan fingerprint density at radius 2 is 1.67 bits per heavy atom. The van der Waals surface area contributed by atoms with Crippen LogP contribution >= 0.6 is 11.6 Å². The molecular formula is C28H25ClN2O2. The number of hydrogen-bond donors (Lipinski definition) is 1. The number of Topliss-reactive ketones (excluding diaryl/α,β-unsaturated/α-hetero) is 1. The van der Waals surface area contributed by atoms with Crippen LogP contribution in [0, 0.1) is 6.92 Å². The van der Waals surface area contributed by atoms with Crippen LogP contribution in [0.25, 0.3) is 0 Å². The second-order valence-electron chi connectivity index (χ2n) is 8.79. The molecule has 1 aliphatic heterocycles. The molecule has 33 heavy (non-hydrogen) atoms. The van der Waals surface area contributed by atoms with Gasteiger partial charge in [0.15, 0.2) is 5.78 Å². The summed E-state index contributed by atoms with van der Waals surface area (Å²) in [5.41, 5.74) is 6.14.